The van der Waals surface area contributed by atoms with Crippen molar-refractivity contribution in [2.45, 2.75) is 31.8 Å². The smallest absolute Gasteiger partial charge is 0.224 e. The number of benzene rings is 1. The van der Waals surface area contributed by atoms with Crippen molar-refractivity contribution in [2.75, 3.05) is 14.1 Å². The lowest BCUT2D eigenvalue weighted by Gasteiger charge is -2.26. The third-order valence-electron chi connectivity index (χ3n) is 3.72. The Labute approximate surface area is 134 Å². The van der Waals surface area contributed by atoms with E-state index in [1.54, 1.807) is 36.0 Å². The monoisotopic (exact) mass is 328 g/mol. The predicted molar refractivity (Wildman–Crippen MR) is 83.3 cm³/mol. The summed E-state index contributed by atoms with van der Waals surface area (Å²) in [5.74, 6) is 0.0967. The first-order chi connectivity index (χ1) is 9.88. The summed E-state index contributed by atoms with van der Waals surface area (Å²) in [6, 6.07) is 5.18. The van der Waals surface area contributed by atoms with Gasteiger partial charge in [0, 0.05) is 49.6 Å². The number of carbonyl (C=O) groups excluding carboxylic acids is 2. The van der Waals surface area contributed by atoms with Gasteiger partial charge in [0.1, 0.15) is 0 Å². The van der Waals surface area contributed by atoms with Crippen LogP contribution in [0.3, 0.4) is 0 Å². The van der Waals surface area contributed by atoms with Gasteiger partial charge in [-0.1, -0.05) is 29.3 Å². The number of amides is 2. The van der Waals surface area contributed by atoms with Gasteiger partial charge < -0.3 is 9.80 Å². The number of hydrogen-bond donors (Lipinski definition) is 0. The minimum Gasteiger partial charge on any atom is -0.349 e. The second-order valence-electron chi connectivity index (χ2n) is 5.44. The summed E-state index contributed by atoms with van der Waals surface area (Å²) in [6.07, 6.45) is 1.55. The molecule has 21 heavy (non-hydrogen) atoms. The van der Waals surface area contributed by atoms with E-state index in [2.05, 4.69) is 0 Å². The Kier molecular flexibility index (Phi) is 5.12. The van der Waals surface area contributed by atoms with Crippen molar-refractivity contribution in [2.24, 2.45) is 0 Å². The van der Waals surface area contributed by atoms with Crippen molar-refractivity contribution in [1.29, 1.82) is 0 Å². The molecule has 1 fully saturated rings. The maximum absolute atomic E-state index is 12.1. The Bertz CT molecular complexity index is 561. The Hall–Kier alpha value is -1.26. The zero-order chi connectivity index (χ0) is 15.6. The zero-order valence-electron chi connectivity index (χ0n) is 12.1. The summed E-state index contributed by atoms with van der Waals surface area (Å²) in [6.45, 7) is 0.417. The van der Waals surface area contributed by atoms with Crippen LogP contribution in [0.25, 0.3) is 0 Å². The van der Waals surface area contributed by atoms with Crippen LogP contribution in [0, 0.1) is 0 Å². The van der Waals surface area contributed by atoms with Gasteiger partial charge >= 0.3 is 0 Å². The topological polar surface area (TPSA) is 40.6 Å². The Morgan fingerprint density at radius 1 is 1.38 bits per heavy atom. The highest BCUT2D eigenvalue weighted by Crippen LogP contribution is 2.28. The first-order valence-corrected chi connectivity index (χ1v) is 7.57. The van der Waals surface area contributed by atoms with Gasteiger partial charge in [-0.2, -0.15) is 0 Å². The van der Waals surface area contributed by atoms with Gasteiger partial charge in [-0.15, -0.1) is 0 Å². The van der Waals surface area contributed by atoms with Gasteiger partial charge in [0.2, 0.25) is 11.8 Å². The molecule has 1 heterocycles. The summed E-state index contributed by atoms with van der Waals surface area (Å²) in [4.78, 5) is 27.2. The van der Waals surface area contributed by atoms with E-state index in [0.717, 1.165) is 5.56 Å². The molecule has 0 radical (unpaired) electrons. The summed E-state index contributed by atoms with van der Waals surface area (Å²) in [5.41, 5.74) is 0.846. The molecule has 2 rings (SSSR count). The highest BCUT2D eigenvalue weighted by molar-refractivity contribution is 6.35. The van der Waals surface area contributed by atoms with E-state index < -0.39 is 0 Å². The molecule has 0 aromatic heterocycles. The van der Waals surface area contributed by atoms with E-state index in [4.69, 9.17) is 23.2 Å². The highest BCUT2D eigenvalue weighted by Gasteiger charge is 2.33. The average Bonchev–Trinajstić information content (AvgIpc) is 2.74. The van der Waals surface area contributed by atoms with Gasteiger partial charge in [0.15, 0.2) is 0 Å². The van der Waals surface area contributed by atoms with E-state index in [9.17, 15) is 9.59 Å². The molecule has 2 amide bonds. The second kappa shape index (κ2) is 6.67. The largest absolute Gasteiger partial charge is 0.349 e. The fraction of sp³-hybridized carbons (Fsp3) is 0.467. The molecule has 0 spiro atoms. The second-order valence-corrected chi connectivity index (χ2v) is 6.29. The minimum atomic E-state index is -0.0563. The van der Waals surface area contributed by atoms with Gasteiger partial charge in [-0.3, -0.25) is 9.59 Å². The van der Waals surface area contributed by atoms with Crippen molar-refractivity contribution >= 4 is 35.0 Å². The molecular weight excluding hydrogens is 311 g/mol. The number of carbonyl (C=O) groups is 2. The van der Waals surface area contributed by atoms with Crippen molar-refractivity contribution < 1.29 is 9.59 Å². The molecule has 0 bridgehead atoms. The first kappa shape index (κ1) is 16.1. The fourth-order valence-corrected chi connectivity index (χ4v) is 2.91. The lowest BCUT2D eigenvalue weighted by molar-refractivity contribution is -0.132. The molecule has 0 saturated carbocycles. The van der Waals surface area contributed by atoms with Crippen LogP contribution in [0.15, 0.2) is 18.2 Å². The van der Waals surface area contributed by atoms with Gasteiger partial charge in [0.05, 0.1) is 0 Å². The van der Waals surface area contributed by atoms with E-state index in [1.165, 1.54) is 0 Å². The fourth-order valence-electron chi connectivity index (χ4n) is 2.44. The molecule has 1 atom stereocenters. The molecule has 1 aromatic carbocycles. The average molecular weight is 329 g/mol. The van der Waals surface area contributed by atoms with Gasteiger partial charge in [-0.05, 0) is 24.1 Å². The van der Waals surface area contributed by atoms with E-state index in [1.807, 2.05) is 6.07 Å². The number of hydrogen-bond acceptors (Lipinski definition) is 2. The molecule has 1 aromatic rings. The molecule has 6 heteroatoms. The van der Waals surface area contributed by atoms with E-state index in [-0.39, 0.29) is 17.9 Å². The van der Waals surface area contributed by atoms with Crippen LogP contribution in [0.4, 0.5) is 0 Å². The molecule has 114 valence electrons. The van der Waals surface area contributed by atoms with E-state index in [0.29, 0.717) is 35.9 Å². The number of rotatable bonds is 4. The molecule has 0 aliphatic carbocycles. The summed E-state index contributed by atoms with van der Waals surface area (Å²) in [7, 11) is 3.44. The summed E-state index contributed by atoms with van der Waals surface area (Å²) in [5, 5.41) is 1.11. The maximum atomic E-state index is 12.1. The van der Waals surface area contributed by atoms with Crippen LogP contribution in [0.2, 0.25) is 10.0 Å². The lowest BCUT2D eigenvalue weighted by atomic mass is 10.1. The number of halogens is 2. The maximum Gasteiger partial charge on any atom is 0.224 e. The van der Waals surface area contributed by atoms with Crippen LogP contribution in [0.1, 0.15) is 24.8 Å². The molecule has 1 aliphatic rings. The molecular formula is C15H18Cl2N2O2. The van der Waals surface area contributed by atoms with Crippen molar-refractivity contribution in [3.05, 3.63) is 33.8 Å². The minimum absolute atomic E-state index is 0.0295. The Balaban J connectivity index is 2.11. The van der Waals surface area contributed by atoms with Gasteiger partial charge in [-0.25, -0.2) is 0 Å². The molecule has 1 unspecified atom stereocenters. The first-order valence-electron chi connectivity index (χ1n) is 6.82. The molecule has 1 saturated heterocycles. The lowest BCUT2D eigenvalue weighted by Crippen LogP contribution is -2.36. The van der Waals surface area contributed by atoms with Crippen LogP contribution < -0.4 is 0 Å². The van der Waals surface area contributed by atoms with Crippen LogP contribution in [0.5, 0.6) is 0 Å². The quantitative estimate of drug-likeness (QED) is 0.852. The highest BCUT2D eigenvalue weighted by atomic mass is 35.5. The third kappa shape index (κ3) is 3.89. The Morgan fingerprint density at radius 3 is 2.71 bits per heavy atom. The number of nitrogens with zero attached hydrogens (tertiary/aromatic N) is 2. The van der Waals surface area contributed by atoms with Crippen LogP contribution in [-0.2, 0) is 16.1 Å². The van der Waals surface area contributed by atoms with E-state index >= 15 is 0 Å². The van der Waals surface area contributed by atoms with Gasteiger partial charge in [0.25, 0.3) is 0 Å². The summed E-state index contributed by atoms with van der Waals surface area (Å²) >= 11 is 12.0. The van der Waals surface area contributed by atoms with Crippen molar-refractivity contribution in [3.8, 4) is 0 Å². The molecule has 0 N–H and O–H groups in total. The molecule has 4 nitrogen and oxygen atoms in total. The van der Waals surface area contributed by atoms with Crippen LogP contribution >= 0.6 is 23.2 Å². The van der Waals surface area contributed by atoms with Crippen LogP contribution in [-0.4, -0.2) is 41.8 Å². The summed E-state index contributed by atoms with van der Waals surface area (Å²) < 4.78 is 0. The number of likely N-dealkylation sites (tertiary alicyclic amines) is 1. The van der Waals surface area contributed by atoms with Crippen molar-refractivity contribution in [1.82, 2.24) is 9.80 Å². The normalized spacial score (nSPS) is 18.2. The predicted octanol–water partition coefficient (Wildman–Crippen LogP) is 2.96. The van der Waals surface area contributed by atoms with Crippen molar-refractivity contribution in [3.63, 3.8) is 0 Å². The SMILES string of the molecule is CN(C)C(=O)CC1CCC(=O)N1Cc1ccc(Cl)cc1Cl. The zero-order valence-corrected chi connectivity index (χ0v) is 13.6. The Morgan fingerprint density at radius 2 is 2.10 bits per heavy atom. The molecule has 1 aliphatic heterocycles. The standard InChI is InChI=1S/C15H18Cl2N2O2/c1-18(2)15(21)8-12-5-6-14(20)19(12)9-10-3-4-11(16)7-13(10)17/h3-4,7,12H,5-6,8-9H2,1-2H3. The third-order valence-corrected chi connectivity index (χ3v) is 4.30.